The smallest absolute Gasteiger partial charge is 0.227 e. The second kappa shape index (κ2) is 5.55. The molecule has 4 nitrogen and oxygen atoms in total. The largest absolute Gasteiger partial charge is 0.327 e. The van der Waals surface area contributed by atoms with Gasteiger partial charge in [0.25, 0.3) is 0 Å². The van der Waals surface area contributed by atoms with Gasteiger partial charge in [-0.3, -0.25) is 4.79 Å². The van der Waals surface area contributed by atoms with Crippen molar-refractivity contribution in [1.29, 1.82) is 0 Å². The number of pyridine rings is 1. The summed E-state index contributed by atoms with van der Waals surface area (Å²) in [5.41, 5.74) is 5.75. The normalized spacial score (nSPS) is 12.6. The Bertz CT molecular complexity index is 368. The molecule has 5 heteroatoms. The van der Waals surface area contributed by atoms with Gasteiger partial charge in [0.2, 0.25) is 11.9 Å². The molecule has 0 aliphatic carbocycles. The van der Waals surface area contributed by atoms with Gasteiger partial charge >= 0.3 is 0 Å². The zero-order valence-corrected chi connectivity index (χ0v) is 9.40. The number of nitrogens with one attached hydrogen (secondary N) is 1. The Hall–Kier alpha value is -1.49. The molecular formula is C11H16FN3O. The minimum atomic E-state index is -0.619. The molecule has 0 aliphatic heterocycles. The van der Waals surface area contributed by atoms with Crippen LogP contribution in [0.15, 0.2) is 18.2 Å². The van der Waals surface area contributed by atoms with E-state index in [4.69, 9.17) is 5.73 Å². The minimum absolute atomic E-state index is 0.200. The molecule has 0 saturated carbocycles. The lowest BCUT2D eigenvalue weighted by Crippen LogP contribution is -2.31. The van der Waals surface area contributed by atoms with Crippen LogP contribution in [0.4, 0.5) is 10.2 Å². The van der Waals surface area contributed by atoms with E-state index in [0.29, 0.717) is 0 Å². The first kappa shape index (κ1) is 12.6. The van der Waals surface area contributed by atoms with Crippen LogP contribution in [0.2, 0.25) is 0 Å². The summed E-state index contributed by atoms with van der Waals surface area (Å²) in [6.45, 7) is 3.89. The maximum atomic E-state index is 12.7. The molecule has 0 aromatic carbocycles. The van der Waals surface area contributed by atoms with E-state index < -0.39 is 5.95 Å². The van der Waals surface area contributed by atoms with Crippen LogP contribution in [0.5, 0.6) is 0 Å². The Kier molecular flexibility index (Phi) is 4.37. The average Bonchev–Trinajstić information content (AvgIpc) is 2.16. The molecule has 1 aromatic heterocycles. The number of hydrogen-bond donors (Lipinski definition) is 2. The highest BCUT2D eigenvalue weighted by Gasteiger charge is 2.13. The monoisotopic (exact) mass is 225 g/mol. The number of nitrogens with zero attached hydrogens (tertiary/aromatic N) is 1. The van der Waals surface area contributed by atoms with Crippen molar-refractivity contribution in [2.24, 2.45) is 11.7 Å². The molecular weight excluding hydrogens is 209 g/mol. The molecule has 1 amide bonds. The molecule has 0 fully saturated rings. The van der Waals surface area contributed by atoms with Crippen molar-refractivity contribution in [2.75, 3.05) is 5.32 Å². The van der Waals surface area contributed by atoms with Gasteiger partial charge in [0.15, 0.2) is 0 Å². The number of nitrogens with two attached hydrogens (primary N) is 1. The molecule has 1 atom stereocenters. The number of amides is 1. The fourth-order valence-electron chi connectivity index (χ4n) is 1.12. The summed E-state index contributed by atoms with van der Waals surface area (Å²) in [6, 6.07) is 4.03. The average molecular weight is 225 g/mol. The summed E-state index contributed by atoms with van der Waals surface area (Å²) in [5.74, 6) is -0.433. The zero-order valence-electron chi connectivity index (χ0n) is 9.40. The number of rotatable bonds is 4. The number of aromatic nitrogens is 1. The van der Waals surface area contributed by atoms with Crippen LogP contribution in [0, 0.1) is 11.9 Å². The molecule has 0 radical (unpaired) electrons. The van der Waals surface area contributed by atoms with Crippen LogP contribution in [-0.2, 0) is 4.79 Å². The van der Waals surface area contributed by atoms with Crippen LogP contribution >= 0.6 is 0 Å². The van der Waals surface area contributed by atoms with Gasteiger partial charge in [-0.25, -0.2) is 4.98 Å². The van der Waals surface area contributed by atoms with Crippen molar-refractivity contribution >= 4 is 11.7 Å². The molecule has 1 heterocycles. The number of anilines is 1. The van der Waals surface area contributed by atoms with E-state index >= 15 is 0 Å². The Morgan fingerprint density at radius 2 is 2.25 bits per heavy atom. The Morgan fingerprint density at radius 1 is 1.56 bits per heavy atom. The lowest BCUT2D eigenvalue weighted by molar-refractivity contribution is -0.116. The summed E-state index contributed by atoms with van der Waals surface area (Å²) in [4.78, 5) is 15.0. The van der Waals surface area contributed by atoms with Crippen LogP contribution in [0.25, 0.3) is 0 Å². The Morgan fingerprint density at radius 3 is 2.81 bits per heavy atom. The highest BCUT2D eigenvalue weighted by molar-refractivity contribution is 5.90. The first-order valence-electron chi connectivity index (χ1n) is 5.17. The van der Waals surface area contributed by atoms with E-state index in [1.54, 1.807) is 0 Å². The van der Waals surface area contributed by atoms with Crippen molar-refractivity contribution in [1.82, 2.24) is 4.98 Å². The van der Waals surface area contributed by atoms with Crippen molar-refractivity contribution < 1.29 is 9.18 Å². The quantitative estimate of drug-likeness (QED) is 0.763. The third-order valence-electron chi connectivity index (χ3n) is 2.26. The van der Waals surface area contributed by atoms with Gasteiger partial charge in [-0.2, -0.15) is 4.39 Å². The molecule has 1 aromatic rings. The van der Waals surface area contributed by atoms with E-state index in [2.05, 4.69) is 10.3 Å². The van der Waals surface area contributed by atoms with E-state index in [-0.39, 0.29) is 30.1 Å². The predicted octanol–water partition coefficient (Wildman–Crippen LogP) is 1.53. The molecule has 1 rings (SSSR count). The summed E-state index contributed by atoms with van der Waals surface area (Å²) < 4.78 is 12.7. The summed E-state index contributed by atoms with van der Waals surface area (Å²) in [7, 11) is 0. The lowest BCUT2D eigenvalue weighted by atomic mass is 10.0. The van der Waals surface area contributed by atoms with Crippen LogP contribution < -0.4 is 11.1 Å². The van der Waals surface area contributed by atoms with Gasteiger partial charge in [-0.1, -0.05) is 19.9 Å². The standard InChI is InChI=1S/C11H16FN3O/c1-7(2)8(13)6-11(16)15-10-5-3-4-9(12)14-10/h3-5,7-8H,6,13H2,1-2H3,(H,14,15,16). The maximum absolute atomic E-state index is 12.7. The van der Waals surface area contributed by atoms with Crippen molar-refractivity contribution in [3.05, 3.63) is 24.1 Å². The second-order valence-electron chi connectivity index (χ2n) is 4.01. The molecule has 88 valence electrons. The maximum Gasteiger partial charge on any atom is 0.227 e. The molecule has 0 aliphatic rings. The van der Waals surface area contributed by atoms with E-state index in [0.717, 1.165) is 0 Å². The fraction of sp³-hybridized carbons (Fsp3) is 0.455. The SMILES string of the molecule is CC(C)C(N)CC(=O)Nc1cccc(F)n1. The van der Waals surface area contributed by atoms with Crippen LogP contribution in [-0.4, -0.2) is 16.9 Å². The number of carbonyl (C=O) groups excluding carboxylic acids is 1. The minimum Gasteiger partial charge on any atom is -0.327 e. The molecule has 0 saturated heterocycles. The summed E-state index contributed by atoms with van der Waals surface area (Å²) in [5, 5.41) is 2.50. The highest BCUT2D eigenvalue weighted by Crippen LogP contribution is 2.07. The first-order chi connectivity index (χ1) is 7.49. The zero-order chi connectivity index (χ0) is 12.1. The first-order valence-corrected chi connectivity index (χ1v) is 5.17. The van der Waals surface area contributed by atoms with Crippen molar-refractivity contribution in [3.63, 3.8) is 0 Å². The Labute approximate surface area is 94.1 Å². The van der Waals surface area contributed by atoms with E-state index in [9.17, 15) is 9.18 Å². The molecule has 16 heavy (non-hydrogen) atoms. The van der Waals surface area contributed by atoms with Gasteiger partial charge in [0.1, 0.15) is 5.82 Å². The lowest BCUT2D eigenvalue weighted by Gasteiger charge is -2.14. The van der Waals surface area contributed by atoms with Crippen molar-refractivity contribution in [2.45, 2.75) is 26.3 Å². The predicted molar refractivity (Wildman–Crippen MR) is 60.3 cm³/mol. The van der Waals surface area contributed by atoms with Gasteiger partial charge in [0.05, 0.1) is 0 Å². The molecule has 0 spiro atoms. The van der Waals surface area contributed by atoms with Crippen LogP contribution in [0.3, 0.4) is 0 Å². The second-order valence-corrected chi connectivity index (χ2v) is 4.01. The highest BCUT2D eigenvalue weighted by atomic mass is 19.1. The van der Waals surface area contributed by atoms with Gasteiger partial charge < -0.3 is 11.1 Å². The van der Waals surface area contributed by atoms with Crippen molar-refractivity contribution in [3.8, 4) is 0 Å². The number of halogens is 1. The fourth-order valence-corrected chi connectivity index (χ4v) is 1.12. The summed E-state index contributed by atoms with van der Waals surface area (Å²) in [6.07, 6.45) is 0.204. The molecule has 3 N–H and O–H groups in total. The summed E-state index contributed by atoms with van der Waals surface area (Å²) >= 11 is 0. The Balaban J connectivity index is 2.52. The van der Waals surface area contributed by atoms with E-state index in [1.165, 1.54) is 18.2 Å². The van der Waals surface area contributed by atoms with Gasteiger partial charge in [-0.05, 0) is 18.1 Å². The third kappa shape index (κ3) is 3.94. The number of carbonyl (C=O) groups is 1. The molecule has 0 bridgehead atoms. The third-order valence-corrected chi connectivity index (χ3v) is 2.26. The van der Waals surface area contributed by atoms with Crippen LogP contribution in [0.1, 0.15) is 20.3 Å². The topological polar surface area (TPSA) is 68.0 Å². The molecule has 1 unspecified atom stereocenters. The van der Waals surface area contributed by atoms with E-state index in [1.807, 2.05) is 13.8 Å². The number of hydrogen-bond acceptors (Lipinski definition) is 3. The van der Waals surface area contributed by atoms with Gasteiger partial charge in [-0.15, -0.1) is 0 Å². The van der Waals surface area contributed by atoms with Gasteiger partial charge in [0, 0.05) is 12.5 Å².